The van der Waals surface area contributed by atoms with Crippen molar-refractivity contribution in [2.24, 2.45) is 11.8 Å². The lowest BCUT2D eigenvalue weighted by Gasteiger charge is -2.27. The van der Waals surface area contributed by atoms with Gasteiger partial charge in [0, 0.05) is 13.6 Å². The van der Waals surface area contributed by atoms with Crippen molar-refractivity contribution in [2.75, 3.05) is 33.3 Å². The van der Waals surface area contributed by atoms with E-state index in [0.717, 1.165) is 19.6 Å². The molecule has 1 saturated heterocycles. The molecule has 94 valence electrons. The quantitative estimate of drug-likeness (QED) is 0.796. The second-order valence-corrected chi connectivity index (χ2v) is 5.06. The van der Waals surface area contributed by atoms with Crippen molar-refractivity contribution >= 4 is 6.09 Å². The minimum atomic E-state index is -0.195. The average molecular weight is 228 g/mol. The zero-order valence-corrected chi connectivity index (χ0v) is 10.7. The van der Waals surface area contributed by atoms with Crippen molar-refractivity contribution in [2.45, 2.75) is 26.7 Å². The molecule has 4 heteroatoms. The fraction of sp³-hybridized carbons (Fsp3) is 0.917. The Kier molecular flexibility index (Phi) is 5.60. The predicted molar refractivity (Wildman–Crippen MR) is 64.4 cm³/mol. The van der Waals surface area contributed by atoms with E-state index < -0.39 is 0 Å². The summed E-state index contributed by atoms with van der Waals surface area (Å²) in [6.45, 7) is 7.51. The van der Waals surface area contributed by atoms with Crippen LogP contribution in [-0.4, -0.2) is 44.3 Å². The van der Waals surface area contributed by atoms with E-state index in [-0.39, 0.29) is 6.09 Å². The molecule has 0 aromatic rings. The van der Waals surface area contributed by atoms with Crippen molar-refractivity contribution in [1.29, 1.82) is 0 Å². The molecule has 1 aliphatic rings. The second kappa shape index (κ2) is 6.74. The Morgan fingerprint density at radius 2 is 2.31 bits per heavy atom. The van der Waals surface area contributed by atoms with Crippen molar-refractivity contribution < 1.29 is 9.53 Å². The first-order valence-corrected chi connectivity index (χ1v) is 6.18. The summed E-state index contributed by atoms with van der Waals surface area (Å²) in [6.07, 6.45) is 2.22. The largest absolute Gasteiger partial charge is 0.449 e. The SMILES string of the molecule is CC(C)COC(=O)N(C)CC1CCCNC1. The summed E-state index contributed by atoms with van der Waals surface area (Å²) in [5, 5.41) is 3.35. The predicted octanol–water partition coefficient (Wildman–Crippen LogP) is 1.71. The van der Waals surface area contributed by atoms with E-state index >= 15 is 0 Å². The van der Waals surface area contributed by atoms with Crippen LogP contribution in [0.4, 0.5) is 4.79 Å². The molecule has 0 spiro atoms. The molecule has 0 bridgehead atoms. The van der Waals surface area contributed by atoms with Crippen molar-refractivity contribution in [3.63, 3.8) is 0 Å². The summed E-state index contributed by atoms with van der Waals surface area (Å²) in [5.41, 5.74) is 0. The number of hydrogen-bond donors (Lipinski definition) is 1. The molecule has 1 fully saturated rings. The normalized spacial score (nSPS) is 20.9. The molecule has 1 amide bonds. The van der Waals surface area contributed by atoms with Crippen molar-refractivity contribution in [3.05, 3.63) is 0 Å². The molecule has 0 aromatic carbocycles. The number of carbonyl (C=O) groups is 1. The third-order valence-electron chi connectivity index (χ3n) is 2.78. The Hall–Kier alpha value is -0.770. The smallest absolute Gasteiger partial charge is 0.409 e. The number of nitrogens with one attached hydrogen (secondary N) is 1. The van der Waals surface area contributed by atoms with Gasteiger partial charge in [-0.2, -0.15) is 0 Å². The van der Waals surface area contributed by atoms with Crippen LogP contribution in [0.2, 0.25) is 0 Å². The van der Waals surface area contributed by atoms with Gasteiger partial charge in [-0.05, 0) is 37.8 Å². The monoisotopic (exact) mass is 228 g/mol. The van der Waals surface area contributed by atoms with Gasteiger partial charge in [-0.15, -0.1) is 0 Å². The van der Waals surface area contributed by atoms with Crippen LogP contribution in [0.15, 0.2) is 0 Å². The highest BCUT2D eigenvalue weighted by Gasteiger charge is 2.18. The van der Waals surface area contributed by atoms with Crippen LogP contribution >= 0.6 is 0 Å². The fourth-order valence-electron chi connectivity index (χ4n) is 1.89. The lowest BCUT2D eigenvalue weighted by atomic mass is 9.99. The first kappa shape index (κ1) is 13.3. The Morgan fingerprint density at radius 1 is 1.56 bits per heavy atom. The topological polar surface area (TPSA) is 41.6 Å². The van der Waals surface area contributed by atoms with Gasteiger partial charge in [0.1, 0.15) is 0 Å². The van der Waals surface area contributed by atoms with Gasteiger partial charge < -0.3 is 15.0 Å². The van der Waals surface area contributed by atoms with Crippen LogP contribution in [0.25, 0.3) is 0 Å². The molecule has 0 aliphatic carbocycles. The number of ether oxygens (including phenoxy) is 1. The van der Waals surface area contributed by atoms with Crippen LogP contribution in [0.3, 0.4) is 0 Å². The van der Waals surface area contributed by atoms with E-state index in [1.54, 1.807) is 4.90 Å². The summed E-state index contributed by atoms with van der Waals surface area (Å²) in [6, 6.07) is 0. The molecule has 1 N–H and O–H groups in total. The van der Waals surface area contributed by atoms with Crippen LogP contribution in [-0.2, 0) is 4.74 Å². The Labute approximate surface area is 98.3 Å². The minimum absolute atomic E-state index is 0.195. The van der Waals surface area contributed by atoms with Gasteiger partial charge in [0.25, 0.3) is 0 Å². The standard InChI is InChI=1S/C12H24N2O2/c1-10(2)9-16-12(15)14(3)8-11-5-4-6-13-7-11/h10-11,13H,4-9H2,1-3H3. The first-order chi connectivity index (χ1) is 7.59. The number of amides is 1. The number of rotatable bonds is 4. The molecule has 1 rings (SSSR count). The van der Waals surface area contributed by atoms with Gasteiger partial charge in [0.15, 0.2) is 0 Å². The van der Waals surface area contributed by atoms with Gasteiger partial charge in [0.05, 0.1) is 6.61 Å². The molecule has 1 heterocycles. The molecule has 0 saturated carbocycles. The number of piperidine rings is 1. The molecule has 4 nitrogen and oxygen atoms in total. The zero-order chi connectivity index (χ0) is 12.0. The van der Waals surface area contributed by atoms with Crippen LogP contribution in [0.1, 0.15) is 26.7 Å². The molecule has 1 atom stereocenters. The zero-order valence-electron chi connectivity index (χ0n) is 10.7. The molecular formula is C12H24N2O2. The Balaban J connectivity index is 2.21. The van der Waals surface area contributed by atoms with Gasteiger partial charge in [0.2, 0.25) is 0 Å². The average Bonchev–Trinajstić information content (AvgIpc) is 2.27. The van der Waals surface area contributed by atoms with E-state index in [9.17, 15) is 4.79 Å². The number of carbonyl (C=O) groups excluding carboxylic acids is 1. The maximum Gasteiger partial charge on any atom is 0.409 e. The van der Waals surface area contributed by atoms with Crippen LogP contribution in [0, 0.1) is 11.8 Å². The van der Waals surface area contributed by atoms with Gasteiger partial charge in [-0.25, -0.2) is 4.79 Å². The Morgan fingerprint density at radius 3 is 2.88 bits per heavy atom. The highest BCUT2D eigenvalue weighted by atomic mass is 16.6. The maximum atomic E-state index is 11.6. The van der Waals surface area contributed by atoms with E-state index in [1.165, 1.54) is 12.8 Å². The van der Waals surface area contributed by atoms with E-state index in [1.807, 2.05) is 20.9 Å². The van der Waals surface area contributed by atoms with E-state index in [2.05, 4.69) is 5.32 Å². The molecule has 1 unspecified atom stereocenters. The van der Waals surface area contributed by atoms with Crippen LogP contribution < -0.4 is 5.32 Å². The first-order valence-electron chi connectivity index (χ1n) is 6.18. The second-order valence-electron chi connectivity index (χ2n) is 5.06. The third kappa shape index (κ3) is 4.84. The summed E-state index contributed by atoms with van der Waals surface area (Å²) in [7, 11) is 1.82. The van der Waals surface area contributed by atoms with Crippen LogP contribution in [0.5, 0.6) is 0 Å². The summed E-state index contributed by atoms with van der Waals surface area (Å²) >= 11 is 0. The lowest BCUT2D eigenvalue weighted by molar-refractivity contribution is 0.0934. The highest BCUT2D eigenvalue weighted by molar-refractivity contribution is 5.67. The summed E-state index contributed by atoms with van der Waals surface area (Å²) < 4.78 is 5.17. The van der Waals surface area contributed by atoms with Crippen molar-refractivity contribution in [3.8, 4) is 0 Å². The molecule has 0 radical (unpaired) electrons. The Bertz CT molecular complexity index is 213. The van der Waals surface area contributed by atoms with Crippen molar-refractivity contribution in [1.82, 2.24) is 10.2 Å². The van der Waals surface area contributed by atoms with E-state index in [0.29, 0.717) is 18.4 Å². The van der Waals surface area contributed by atoms with Gasteiger partial charge in [-0.1, -0.05) is 13.8 Å². The molecule has 16 heavy (non-hydrogen) atoms. The fourth-order valence-corrected chi connectivity index (χ4v) is 1.89. The molecular weight excluding hydrogens is 204 g/mol. The maximum absolute atomic E-state index is 11.6. The summed E-state index contributed by atoms with van der Waals surface area (Å²) in [4.78, 5) is 13.3. The number of hydrogen-bond acceptors (Lipinski definition) is 3. The van der Waals surface area contributed by atoms with E-state index in [4.69, 9.17) is 4.74 Å². The molecule has 1 aliphatic heterocycles. The minimum Gasteiger partial charge on any atom is -0.449 e. The molecule has 0 aromatic heterocycles. The number of nitrogens with zero attached hydrogens (tertiary/aromatic N) is 1. The lowest BCUT2D eigenvalue weighted by Crippen LogP contribution is -2.39. The summed E-state index contributed by atoms with van der Waals surface area (Å²) in [5.74, 6) is 0.971. The van der Waals surface area contributed by atoms with Gasteiger partial charge >= 0.3 is 6.09 Å². The van der Waals surface area contributed by atoms with Gasteiger partial charge in [-0.3, -0.25) is 0 Å². The highest BCUT2D eigenvalue weighted by Crippen LogP contribution is 2.11. The third-order valence-corrected chi connectivity index (χ3v) is 2.78.